The molecule has 0 atom stereocenters. The molecule has 2 heteroatoms. The van der Waals surface area contributed by atoms with Crippen LogP contribution in [0.25, 0.3) is 11.3 Å². The van der Waals surface area contributed by atoms with Gasteiger partial charge in [0.25, 0.3) is 0 Å². The van der Waals surface area contributed by atoms with Gasteiger partial charge in [-0.05, 0) is 12.8 Å². The van der Waals surface area contributed by atoms with E-state index in [1.165, 1.54) is 31.2 Å². The Balaban J connectivity index is 2.04. The summed E-state index contributed by atoms with van der Waals surface area (Å²) in [4.78, 5) is 4.56. The lowest BCUT2D eigenvalue weighted by Crippen LogP contribution is -1.93. The van der Waals surface area contributed by atoms with Gasteiger partial charge in [-0.25, -0.2) is 4.98 Å². The number of aromatic nitrogens is 1. The Hall–Kier alpha value is -1.57. The highest BCUT2D eigenvalue weighted by atomic mass is 16.4. The van der Waals surface area contributed by atoms with Gasteiger partial charge < -0.3 is 4.42 Å². The van der Waals surface area contributed by atoms with E-state index in [9.17, 15) is 0 Å². The van der Waals surface area contributed by atoms with E-state index in [2.05, 4.69) is 29.2 Å². The fraction of sp³-hybridized carbons (Fsp3) is 0.400. The monoisotopic (exact) mass is 227 g/mol. The Morgan fingerprint density at radius 1 is 1.12 bits per heavy atom. The molecule has 1 aromatic heterocycles. The summed E-state index contributed by atoms with van der Waals surface area (Å²) in [5.74, 6) is 2.46. The van der Waals surface area contributed by atoms with Gasteiger partial charge in [-0.3, -0.25) is 0 Å². The maximum atomic E-state index is 5.84. The van der Waals surface area contributed by atoms with Crippen molar-refractivity contribution in [2.45, 2.75) is 38.5 Å². The predicted molar refractivity (Wildman–Crippen MR) is 67.9 cm³/mol. The van der Waals surface area contributed by atoms with Gasteiger partial charge in [0.1, 0.15) is 11.5 Å². The number of oxazole rings is 1. The molecule has 1 heterocycles. The van der Waals surface area contributed by atoms with Gasteiger partial charge in [0.05, 0.1) is 0 Å². The summed E-state index contributed by atoms with van der Waals surface area (Å²) in [6, 6.07) is 10.4. The first-order valence-electron chi connectivity index (χ1n) is 6.37. The molecule has 0 amide bonds. The van der Waals surface area contributed by atoms with Crippen molar-refractivity contribution in [3.05, 3.63) is 42.0 Å². The topological polar surface area (TPSA) is 26.0 Å². The SMILES string of the molecule is Cc1nc(-c2ccccc2)c(C2CCCC2)o1. The molecule has 0 saturated heterocycles. The van der Waals surface area contributed by atoms with Crippen molar-refractivity contribution < 1.29 is 4.42 Å². The van der Waals surface area contributed by atoms with Crippen molar-refractivity contribution in [3.8, 4) is 11.3 Å². The Labute approximate surface area is 102 Å². The summed E-state index contributed by atoms with van der Waals surface area (Å²) in [5.41, 5.74) is 2.22. The molecule has 0 unspecified atom stereocenters. The van der Waals surface area contributed by atoms with E-state index in [0.717, 1.165) is 17.3 Å². The minimum Gasteiger partial charge on any atom is -0.445 e. The van der Waals surface area contributed by atoms with E-state index in [1.807, 2.05) is 13.0 Å². The molecule has 0 radical (unpaired) electrons. The van der Waals surface area contributed by atoms with Crippen LogP contribution < -0.4 is 0 Å². The van der Waals surface area contributed by atoms with Crippen molar-refractivity contribution in [2.24, 2.45) is 0 Å². The molecule has 1 fully saturated rings. The summed E-state index contributed by atoms with van der Waals surface area (Å²) >= 11 is 0. The van der Waals surface area contributed by atoms with Gasteiger partial charge in [0.2, 0.25) is 0 Å². The average Bonchev–Trinajstić information content (AvgIpc) is 2.98. The van der Waals surface area contributed by atoms with Crippen LogP contribution in [0, 0.1) is 6.92 Å². The van der Waals surface area contributed by atoms with Gasteiger partial charge in [0, 0.05) is 18.4 Å². The van der Waals surface area contributed by atoms with E-state index >= 15 is 0 Å². The van der Waals surface area contributed by atoms with Crippen molar-refractivity contribution >= 4 is 0 Å². The van der Waals surface area contributed by atoms with Crippen LogP contribution in [0.15, 0.2) is 34.7 Å². The fourth-order valence-electron chi connectivity index (χ4n) is 2.71. The minimum atomic E-state index is 0.575. The van der Waals surface area contributed by atoms with Crippen LogP contribution in [0.1, 0.15) is 43.3 Å². The Bertz CT molecular complexity index is 495. The zero-order valence-electron chi connectivity index (χ0n) is 10.1. The lowest BCUT2D eigenvalue weighted by Gasteiger charge is -2.07. The molecule has 0 spiro atoms. The number of hydrogen-bond acceptors (Lipinski definition) is 2. The van der Waals surface area contributed by atoms with E-state index < -0.39 is 0 Å². The molecule has 2 aromatic rings. The average molecular weight is 227 g/mol. The first-order chi connectivity index (χ1) is 8.34. The molecular weight excluding hydrogens is 210 g/mol. The lowest BCUT2D eigenvalue weighted by molar-refractivity contribution is 0.440. The Morgan fingerprint density at radius 3 is 2.53 bits per heavy atom. The quantitative estimate of drug-likeness (QED) is 0.764. The van der Waals surface area contributed by atoms with Gasteiger partial charge in [-0.2, -0.15) is 0 Å². The van der Waals surface area contributed by atoms with E-state index in [-0.39, 0.29) is 0 Å². The Morgan fingerprint density at radius 2 is 1.82 bits per heavy atom. The highest BCUT2D eigenvalue weighted by Crippen LogP contribution is 2.39. The number of aryl methyl sites for hydroxylation is 1. The van der Waals surface area contributed by atoms with Crippen molar-refractivity contribution in [1.82, 2.24) is 4.98 Å². The molecule has 1 aliphatic carbocycles. The molecule has 0 N–H and O–H groups in total. The minimum absolute atomic E-state index is 0.575. The highest BCUT2D eigenvalue weighted by Gasteiger charge is 2.25. The zero-order chi connectivity index (χ0) is 11.7. The third-order valence-corrected chi connectivity index (χ3v) is 3.53. The van der Waals surface area contributed by atoms with Crippen molar-refractivity contribution in [3.63, 3.8) is 0 Å². The first-order valence-corrected chi connectivity index (χ1v) is 6.37. The Kier molecular flexibility index (Phi) is 2.71. The van der Waals surface area contributed by atoms with Gasteiger partial charge >= 0.3 is 0 Å². The number of benzene rings is 1. The molecule has 1 saturated carbocycles. The lowest BCUT2D eigenvalue weighted by atomic mass is 10.00. The van der Waals surface area contributed by atoms with Crippen LogP contribution in [-0.4, -0.2) is 4.98 Å². The standard InChI is InChI=1S/C15H17NO/c1-11-16-14(12-7-3-2-4-8-12)15(17-11)13-9-5-6-10-13/h2-4,7-8,13H,5-6,9-10H2,1H3. The van der Waals surface area contributed by atoms with Crippen LogP contribution >= 0.6 is 0 Å². The normalized spacial score (nSPS) is 16.5. The van der Waals surface area contributed by atoms with Crippen molar-refractivity contribution in [2.75, 3.05) is 0 Å². The second-order valence-electron chi connectivity index (χ2n) is 4.79. The molecule has 3 rings (SSSR count). The third kappa shape index (κ3) is 1.99. The maximum Gasteiger partial charge on any atom is 0.191 e. The summed E-state index contributed by atoms with van der Waals surface area (Å²) in [5, 5.41) is 0. The van der Waals surface area contributed by atoms with Crippen LogP contribution in [0.2, 0.25) is 0 Å². The molecule has 2 nitrogen and oxygen atoms in total. The molecule has 17 heavy (non-hydrogen) atoms. The second kappa shape index (κ2) is 4.36. The summed E-state index contributed by atoms with van der Waals surface area (Å²) < 4.78 is 5.84. The fourth-order valence-corrected chi connectivity index (χ4v) is 2.71. The predicted octanol–water partition coefficient (Wildman–Crippen LogP) is 4.31. The molecule has 1 aromatic carbocycles. The first kappa shape index (κ1) is 10.6. The van der Waals surface area contributed by atoms with E-state index in [1.54, 1.807) is 0 Å². The number of nitrogens with zero attached hydrogens (tertiary/aromatic N) is 1. The van der Waals surface area contributed by atoms with Gasteiger partial charge in [-0.15, -0.1) is 0 Å². The van der Waals surface area contributed by atoms with Crippen LogP contribution in [0.5, 0.6) is 0 Å². The smallest absolute Gasteiger partial charge is 0.191 e. The van der Waals surface area contributed by atoms with Gasteiger partial charge in [0.15, 0.2) is 5.89 Å². The molecule has 0 aliphatic heterocycles. The zero-order valence-corrected chi connectivity index (χ0v) is 10.1. The van der Waals surface area contributed by atoms with Gasteiger partial charge in [-0.1, -0.05) is 43.2 Å². The second-order valence-corrected chi connectivity index (χ2v) is 4.79. The molecule has 1 aliphatic rings. The van der Waals surface area contributed by atoms with Crippen LogP contribution in [-0.2, 0) is 0 Å². The summed E-state index contributed by atoms with van der Waals surface area (Å²) in [6.45, 7) is 1.94. The third-order valence-electron chi connectivity index (χ3n) is 3.53. The highest BCUT2D eigenvalue weighted by molar-refractivity contribution is 5.61. The van der Waals surface area contributed by atoms with E-state index in [0.29, 0.717) is 5.92 Å². The summed E-state index contributed by atoms with van der Waals surface area (Å²) in [6.07, 6.45) is 5.13. The largest absolute Gasteiger partial charge is 0.445 e. The van der Waals surface area contributed by atoms with E-state index in [4.69, 9.17) is 4.42 Å². The maximum absolute atomic E-state index is 5.84. The summed E-state index contributed by atoms with van der Waals surface area (Å²) in [7, 11) is 0. The van der Waals surface area contributed by atoms with Crippen molar-refractivity contribution in [1.29, 1.82) is 0 Å². The number of hydrogen-bond donors (Lipinski definition) is 0. The number of rotatable bonds is 2. The molecule has 0 bridgehead atoms. The van der Waals surface area contributed by atoms with Crippen LogP contribution in [0.3, 0.4) is 0 Å². The molecular formula is C15H17NO. The van der Waals surface area contributed by atoms with Crippen LogP contribution in [0.4, 0.5) is 0 Å². The molecule has 88 valence electrons.